The van der Waals surface area contributed by atoms with Gasteiger partial charge in [0.25, 0.3) is 5.91 Å². The number of carbonyl (C=O) groups is 1. The molecule has 4 rings (SSSR count). The highest BCUT2D eigenvalue weighted by Gasteiger charge is 2.20. The molecule has 0 saturated carbocycles. The van der Waals surface area contributed by atoms with Crippen molar-refractivity contribution in [3.63, 3.8) is 0 Å². The summed E-state index contributed by atoms with van der Waals surface area (Å²) >= 11 is 0. The van der Waals surface area contributed by atoms with Crippen LogP contribution in [0.2, 0.25) is 0 Å². The Balaban J connectivity index is 1.28. The lowest BCUT2D eigenvalue weighted by Gasteiger charge is -2.34. The number of hydrogen-bond donors (Lipinski definition) is 2. The second-order valence-electron chi connectivity index (χ2n) is 8.04. The molecule has 3 aromatic rings. The van der Waals surface area contributed by atoms with E-state index in [-0.39, 0.29) is 5.56 Å². The predicted octanol–water partition coefficient (Wildman–Crippen LogP) is 3.88. The van der Waals surface area contributed by atoms with Crippen molar-refractivity contribution in [3.05, 3.63) is 77.4 Å². The third kappa shape index (κ3) is 5.11. The average Bonchev–Trinajstić information content (AvgIpc) is 3.10. The highest BCUT2D eigenvalue weighted by atomic mass is 19.1. The quantitative estimate of drug-likeness (QED) is 0.634. The van der Waals surface area contributed by atoms with Crippen LogP contribution in [0.15, 0.2) is 54.7 Å². The molecule has 0 aliphatic carbocycles. The maximum Gasteiger partial charge on any atom is 0.258 e. The van der Waals surface area contributed by atoms with Crippen LogP contribution in [0.1, 0.15) is 34.5 Å². The Labute approximate surface area is 182 Å². The SMILES string of the molecule is Cc1nn(C)cc1CNC1CCN(c2ccc(NC(=O)c3ccccc3F)cc2)CC1. The monoisotopic (exact) mass is 421 g/mol. The van der Waals surface area contributed by atoms with Gasteiger partial charge in [-0.1, -0.05) is 12.1 Å². The number of aryl methyl sites for hydroxylation is 2. The molecule has 162 valence electrons. The Morgan fingerprint density at radius 3 is 2.48 bits per heavy atom. The van der Waals surface area contributed by atoms with Crippen molar-refractivity contribution in [2.45, 2.75) is 32.4 Å². The van der Waals surface area contributed by atoms with Gasteiger partial charge in [-0.3, -0.25) is 9.48 Å². The van der Waals surface area contributed by atoms with Crippen LogP contribution in [0.3, 0.4) is 0 Å². The Kier molecular flexibility index (Phi) is 6.32. The van der Waals surface area contributed by atoms with Crippen LogP contribution in [0.25, 0.3) is 0 Å². The molecule has 0 spiro atoms. The number of anilines is 2. The maximum absolute atomic E-state index is 13.8. The predicted molar refractivity (Wildman–Crippen MR) is 121 cm³/mol. The van der Waals surface area contributed by atoms with Crippen LogP contribution in [0, 0.1) is 12.7 Å². The minimum atomic E-state index is -0.521. The molecule has 1 fully saturated rings. The van der Waals surface area contributed by atoms with Gasteiger partial charge < -0.3 is 15.5 Å². The summed E-state index contributed by atoms with van der Waals surface area (Å²) in [5, 5.41) is 10.8. The summed E-state index contributed by atoms with van der Waals surface area (Å²) < 4.78 is 15.6. The van der Waals surface area contributed by atoms with Gasteiger partial charge in [0.2, 0.25) is 0 Å². The highest BCUT2D eigenvalue weighted by Crippen LogP contribution is 2.23. The van der Waals surface area contributed by atoms with Crippen LogP contribution in [0.5, 0.6) is 0 Å². The summed E-state index contributed by atoms with van der Waals surface area (Å²) in [4.78, 5) is 14.6. The summed E-state index contributed by atoms with van der Waals surface area (Å²) in [6.45, 7) is 4.85. The topological polar surface area (TPSA) is 62.2 Å². The number of nitrogens with zero attached hydrogens (tertiary/aromatic N) is 3. The number of halogens is 1. The summed E-state index contributed by atoms with van der Waals surface area (Å²) in [6, 6.07) is 14.2. The molecule has 1 aromatic heterocycles. The van der Waals surface area contributed by atoms with E-state index >= 15 is 0 Å². The fraction of sp³-hybridized carbons (Fsp3) is 0.333. The van der Waals surface area contributed by atoms with Crippen molar-refractivity contribution >= 4 is 17.3 Å². The number of benzene rings is 2. The molecule has 7 heteroatoms. The van der Waals surface area contributed by atoms with E-state index in [1.54, 1.807) is 12.1 Å². The minimum absolute atomic E-state index is 0.0441. The molecule has 1 aliphatic heterocycles. The van der Waals surface area contributed by atoms with Crippen molar-refractivity contribution in [2.24, 2.45) is 7.05 Å². The van der Waals surface area contributed by atoms with Crippen molar-refractivity contribution in [3.8, 4) is 0 Å². The van der Waals surface area contributed by atoms with Crippen LogP contribution in [-0.4, -0.2) is 34.8 Å². The number of aromatic nitrogens is 2. The van der Waals surface area contributed by atoms with E-state index in [1.165, 1.54) is 17.7 Å². The van der Waals surface area contributed by atoms with Crippen LogP contribution >= 0.6 is 0 Å². The lowest BCUT2D eigenvalue weighted by Crippen LogP contribution is -2.42. The second kappa shape index (κ2) is 9.31. The van der Waals surface area contributed by atoms with E-state index in [2.05, 4.69) is 26.8 Å². The molecule has 0 atom stereocenters. The summed E-state index contributed by atoms with van der Waals surface area (Å²) in [5.74, 6) is -0.964. The molecule has 6 nitrogen and oxygen atoms in total. The van der Waals surface area contributed by atoms with Gasteiger partial charge in [0, 0.05) is 55.9 Å². The molecule has 0 unspecified atom stereocenters. The molecule has 2 heterocycles. The molecule has 2 aromatic carbocycles. The molecule has 1 aliphatic rings. The number of hydrogen-bond acceptors (Lipinski definition) is 4. The van der Waals surface area contributed by atoms with Crippen molar-refractivity contribution in [1.29, 1.82) is 0 Å². The van der Waals surface area contributed by atoms with Gasteiger partial charge in [0.15, 0.2) is 0 Å². The summed E-state index contributed by atoms with van der Waals surface area (Å²) in [7, 11) is 1.95. The fourth-order valence-electron chi connectivity index (χ4n) is 4.02. The van der Waals surface area contributed by atoms with E-state index in [4.69, 9.17) is 0 Å². The Morgan fingerprint density at radius 1 is 1.13 bits per heavy atom. The molecule has 0 radical (unpaired) electrons. The molecule has 1 amide bonds. The average molecular weight is 422 g/mol. The summed E-state index contributed by atoms with van der Waals surface area (Å²) in [6.07, 6.45) is 4.22. The number of piperidine rings is 1. The van der Waals surface area contributed by atoms with Crippen LogP contribution in [0.4, 0.5) is 15.8 Å². The largest absolute Gasteiger partial charge is 0.371 e. The number of rotatable bonds is 6. The number of amides is 1. The van der Waals surface area contributed by atoms with Gasteiger partial charge >= 0.3 is 0 Å². The van der Waals surface area contributed by atoms with E-state index < -0.39 is 11.7 Å². The Bertz CT molecular complexity index is 1040. The third-order valence-corrected chi connectivity index (χ3v) is 5.80. The van der Waals surface area contributed by atoms with Gasteiger partial charge in [-0.05, 0) is 56.2 Å². The molecule has 2 N–H and O–H groups in total. The van der Waals surface area contributed by atoms with Crippen LogP contribution < -0.4 is 15.5 Å². The van der Waals surface area contributed by atoms with Gasteiger partial charge in [-0.15, -0.1) is 0 Å². The molecule has 31 heavy (non-hydrogen) atoms. The smallest absolute Gasteiger partial charge is 0.258 e. The van der Waals surface area contributed by atoms with E-state index in [9.17, 15) is 9.18 Å². The lowest BCUT2D eigenvalue weighted by molar-refractivity contribution is 0.102. The number of nitrogens with one attached hydrogen (secondary N) is 2. The van der Waals surface area contributed by atoms with Gasteiger partial charge in [-0.2, -0.15) is 5.10 Å². The van der Waals surface area contributed by atoms with Crippen molar-refractivity contribution in [2.75, 3.05) is 23.3 Å². The summed E-state index contributed by atoms with van der Waals surface area (Å²) in [5.41, 5.74) is 4.15. The normalized spacial score (nSPS) is 14.6. The Hall–Kier alpha value is -3.19. The zero-order valence-electron chi connectivity index (χ0n) is 17.9. The third-order valence-electron chi connectivity index (χ3n) is 5.80. The first-order chi connectivity index (χ1) is 15.0. The van der Waals surface area contributed by atoms with Gasteiger partial charge in [0.05, 0.1) is 11.3 Å². The van der Waals surface area contributed by atoms with E-state index in [0.29, 0.717) is 11.7 Å². The molecular weight excluding hydrogens is 393 g/mol. The van der Waals surface area contributed by atoms with Crippen molar-refractivity contribution < 1.29 is 9.18 Å². The van der Waals surface area contributed by atoms with E-state index in [1.807, 2.05) is 42.9 Å². The highest BCUT2D eigenvalue weighted by molar-refractivity contribution is 6.04. The van der Waals surface area contributed by atoms with E-state index in [0.717, 1.165) is 43.9 Å². The van der Waals surface area contributed by atoms with Crippen LogP contribution in [-0.2, 0) is 13.6 Å². The second-order valence-corrected chi connectivity index (χ2v) is 8.04. The fourth-order valence-corrected chi connectivity index (χ4v) is 4.02. The zero-order chi connectivity index (χ0) is 21.8. The first-order valence-electron chi connectivity index (χ1n) is 10.6. The standard InChI is InChI=1S/C24H28FN5O/c1-17-18(16-29(2)28-17)15-26-19-11-13-30(14-12-19)21-9-7-20(8-10-21)27-24(31)22-5-3-4-6-23(22)25/h3-10,16,19,26H,11-15H2,1-2H3,(H,27,31). The molecule has 0 bridgehead atoms. The van der Waals surface area contributed by atoms with Gasteiger partial charge in [0.1, 0.15) is 5.82 Å². The number of carbonyl (C=O) groups excluding carboxylic acids is 1. The zero-order valence-corrected chi connectivity index (χ0v) is 17.9. The van der Waals surface area contributed by atoms with Crippen molar-refractivity contribution in [1.82, 2.24) is 15.1 Å². The van der Waals surface area contributed by atoms with Gasteiger partial charge in [-0.25, -0.2) is 4.39 Å². The maximum atomic E-state index is 13.8. The molecule has 1 saturated heterocycles. The first kappa shape index (κ1) is 21.1. The minimum Gasteiger partial charge on any atom is -0.371 e. The first-order valence-corrected chi connectivity index (χ1v) is 10.6. The lowest BCUT2D eigenvalue weighted by atomic mass is 10.0. The Morgan fingerprint density at radius 2 is 1.84 bits per heavy atom. The molecular formula is C24H28FN5O.